The Hall–Kier alpha value is -1.48. The minimum atomic E-state index is -3.92. The van der Waals surface area contributed by atoms with E-state index in [1.165, 1.54) is 23.5 Å². The number of nitrogens with zero attached hydrogens (tertiary/aromatic N) is 1. The summed E-state index contributed by atoms with van der Waals surface area (Å²) >= 11 is 7.20. The normalized spacial score (nSPS) is 11.5. The van der Waals surface area contributed by atoms with Gasteiger partial charge in [-0.1, -0.05) is 48.8 Å². The fourth-order valence-electron chi connectivity index (χ4n) is 2.30. The maximum absolute atomic E-state index is 11.9. The molecular formula is C16H20ClN3O3S2. The number of amides is 1. The van der Waals surface area contributed by atoms with Crippen LogP contribution in [0, 0.1) is 6.92 Å². The first-order valence-corrected chi connectivity index (χ1v) is 10.6. The fourth-order valence-corrected chi connectivity index (χ4v) is 4.35. The van der Waals surface area contributed by atoms with Crippen LogP contribution >= 0.6 is 22.9 Å². The number of benzene rings is 1. The van der Waals surface area contributed by atoms with E-state index < -0.39 is 10.0 Å². The third kappa shape index (κ3) is 5.24. The molecule has 0 aliphatic rings. The Morgan fingerprint density at radius 3 is 2.72 bits per heavy atom. The van der Waals surface area contributed by atoms with Gasteiger partial charge < -0.3 is 5.32 Å². The number of anilines is 1. The number of rotatable bonds is 7. The smallest absolute Gasteiger partial charge is 0.239 e. The van der Waals surface area contributed by atoms with Crippen LogP contribution in [-0.2, 0) is 14.8 Å². The topological polar surface area (TPSA) is 102 Å². The highest BCUT2D eigenvalue weighted by molar-refractivity contribution is 7.89. The zero-order valence-corrected chi connectivity index (χ0v) is 16.4. The highest BCUT2D eigenvalue weighted by atomic mass is 35.5. The van der Waals surface area contributed by atoms with E-state index in [0.29, 0.717) is 22.8 Å². The summed E-state index contributed by atoms with van der Waals surface area (Å²) in [6.45, 7) is 3.88. The minimum absolute atomic E-state index is 0.0675. The predicted molar refractivity (Wildman–Crippen MR) is 101 cm³/mol. The first-order valence-electron chi connectivity index (χ1n) is 7.82. The first-order chi connectivity index (χ1) is 11.7. The lowest BCUT2D eigenvalue weighted by molar-refractivity contribution is -0.116. The Morgan fingerprint density at radius 1 is 1.36 bits per heavy atom. The summed E-state index contributed by atoms with van der Waals surface area (Å²) in [6.07, 6.45) is 3.36. The molecule has 25 heavy (non-hydrogen) atoms. The van der Waals surface area contributed by atoms with Crippen molar-refractivity contribution >= 4 is 44.0 Å². The highest BCUT2D eigenvalue weighted by Gasteiger charge is 2.17. The largest absolute Gasteiger partial charge is 0.302 e. The summed E-state index contributed by atoms with van der Waals surface area (Å²) in [4.78, 5) is 16.9. The summed E-state index contributed by atoms with van der Waals surface area (Å²) in [5.74, 6) is -0.0740. The van der Waals surface area contributed by atoms with E-state index in [0.717, 1.165) is 24.1 Å². The van der Waals surface area contributed by atoms with Crippen molar-refractivity contribution < 1.29 is 13.2 Å². The molecule has 0 atom stereocenters. The van der Waals surface area contributed by atoms with Crippen LogP contribution in [-0.4, -0.2) is 19.3 Å². The Kier molecular flexibility index (Phi) is 6.56. The predicted octanol–water partition coefficient (Wildman–Crippen LogP) is 3.94. The van der Waals surface area contributed by atoms with Crippen LogP contribution in [0.25, 0.3) is 10.4 Å². The van der Waals surface area contributed by atoms with Gasteiger partial charge in [-0.15, -0.1) is 0 Å². The molecule has 1 amide bonds. The number of hydrogen-bond donors (Lipinski definition) is 2. The van der Waals surface area contributed by atoms with Crippen LogP contribution in [0.2, 0.25) is 5.02 Å². The van der Waals surface area contributed by atoms with Crippen molar-refractivity contribution in [3.8, 4) is 10.4 Å². The van der Waals surface area contributed by atoms with Gasteiger partial charge >= 0.3 is 0 Å². The number of aryl methyl sites for hydroxylation is 1. The molecule has 1 heterocycles. The Balaban J connectivity index is 2.24. The molecule has 0 fully saturated rings. The van der Waals surface area contributed by atoms with E-state index in [-0.39, 0.29) is 15.8 Å². The molecule has 0 aliphatic carbocycles. The number of sulfonamides is 1. The summed E-state index contributed by atoms with van der Waals surface area (Å²) in [7, 11) is -3.92. The number of carbonyl (C=O) groups excluding carboxylic acids is 1. The lowest BCUT2D eigenvalue weighted by Gasteiger charge is -2.05. The van der Waals surface area contributed by atoms with Crippen molar-refractivity contribution in [3.63, 3.8) is 0 Å². The fraction of sp³-hybridized carbons (Fsp3) is 0.375. The zero-order valence-electron chi connectivity index (χ0n) is 14.0. The zero-order chi connectivity index (χ0) is 18.6. The van der Waals surface area contributed by atoms with E-state index >= 15 is 0 Å². The second-order valence-corrected chi connectivity index (χ2v) is 8.57. The Bertz CT molecular complexity index is 879. The maximum Gasteiger partial charge on any atom is 0.239 e. The van der Waals surface area contributed by atoms with Gasteiger partial charge in [0.25, 0.3) is 0 Å². The van der Waals surface area contributed by atoms with E-state index in [9.17, 15) is 13.2 Å². The molecule has 0 saturated carbocycles. The molecule has 6 nitrogen and oxygen atoms in total. The van der Waals surface area contributed by atoms with Gasteiger partial charge in [-0.3, -0.25) is 4.79 Å². The van der Waals surface area contributed by atoms with Gasteiger partial charge in [-0.25, -0.2) is 18.5 Å². The van der Waals surface area contributed by atoms with Gasteiger partial charge in [-0.05, 0) is 31.0 Å². The molecule has 0 aliphatic heterocycles. The molecule has 0 bridgehead atoms. The van der Waals surface area contributed by atoms with Crippen LogP contribution < -0.4 is 10.5 Å². The van der Waals surface area contributed by atoms with Crippen molar-refractivity contribution in [1.82, 2.24) is 4.98 Å². The van der Waals surface area contributed by atoms with Crippen molar-refractivity contribution in [1.29, 1.82) is 0 Å². The van der Waals surface area contributed by atoms with Crippen LogP contribution in [0.15, 0.2) is 23.1 Å². The third-order valence-corrected chi connectivity index (χ3v) is 6.06. The van der Waals surface area contributed by atoms with Gasteiger partial charge in [0.2, 0.25) is 15.9 Å². The lowest BCUT2D eigenvalue weighted by atomic mass is 10.2. The molecule has 0 saturated heterocycles. The third-order valence-electron chi connectivity index (χ3n) is 3.55. The summed E-state index contributed by atoms with van der Waals surface area (Å²) < 4.78 is 23.2. The van der Waals surface area contributed by atoms with Gasteiger partial charge in [-0.2, -0.15) is 0 Å². The molecule has 0 radical (unpaired) electrons. The van der Waals surface area contributed by atoms with Crippen LogP contribution in [0.1, 0.15) is 38.3 Å². The number of aromatic nitrogens is 1. The SMILES string of the molecule is CCCCCC(=O)Nc1nc(C)c(-c2ccc(Cl)c(S(N)(=O)=O)c2)s1. The van der Waals surface area contributed by atoms with Crippen molar-refractivity contribution in [2.24, 2.45) is 5.14 Å². The Labute approximate surface area is 156 Å². The second-order valence-electron chi connectivity index (χ2n) is 5.63. The number of nitrogens with one attached hydrogen (secondary N) is 1. The van der Waals surface area contributed by atoms with Gasteiger partial charge in [0, 0.05) is 6.42 Å². The minimum Gasteiger partial charge on any atom is -0.302 e. The standard InChI is InChI=1S/C16H20ClN3O3S2/c1-3-4-5-6-14(21)20-16-19-10(2)15(24-16)11-7-8-12(17)13(9-11)25(18,22)23/h7-9H,3-6H2,1-2H3,(H2,18,22,23)(H,19,20,21). The number of primary sulfonamides is 1. The first kappa shape index (κ1) is 19.8. The van der Waals surface area contributed by atoms with Crippen LogP contribution in [0.3, 0.4) is 0 Å². The van der Waals surface area contributed by atoms with Gasteiger partial charge in [0.15, 0.2) is 5.13 Å². The van der Waals surface area contributed by atoms with Crippen molar-refractivity contribution in [3.05, 3.63) is 28.9 Å². The van der Waals surface area contributed by atoms with E-state index in [1.807, 2.05) is 0 Å². The molecule has 2 aromatic rings. The summed E-state index contributed by atoms with van der Waals surface area (Å²) in [5.41, 5.74) is 1.33. The van der Waals surface area contributed by atoms with Gasteiger partial charge in [0.05, 0.1) is 15.6 Å². The number of hydrogen-bond acceptors (Lipinski definition) is 5. The van der Waals surface area contributed by atoms with Crippen molar-refractivity contribution in [2.75, 3.05) is 5.32 Å². The average Bonchev–Trinajstić information content (AvgIpc) is 2.87. The molecule has 0 unspecified atom stereocenters. The maximum atomic E-state index is 11.9. The number of carbonyl (C=O) groups is 1. The van der Waals surface area contributed by atoms with E-state index in [2.05, 4.69) is 17.2 Å². The molecule has 9 heteroatoms. The second kappa shape index (κ2) is 8.27. The molecule has 0 spiro atoms. The highest BCUT2D eigenvalue weighted by Crippen LogP contribution is 2.35. The number of halogens is 1. The molecule has 1 aromatic heterocycles. The number of nitrogens with two attached hydrogens (primary N) is 1. The van der Waals surface area contributed by atoms with Crippen LogP contribution in [0.5, 0.6) is 0 Å². The molecule has 136 valence electrons. The van der Waals surface area contributed by atoms with Gasteiger partial charge in [0.1, 0.15) is 4.90 Å². The molecule has 2 rings (SSSR count). The van der Waals surface area contributed by atoms with E-state index in [4.69, 9.17) is 16.7 Å². The van der Waals surface area contributed by atoms with Crippen molar-refractivity contribution in [2.45, 2.75) is 44.4 Å². The molecule has 3 N–H and O–H groups in total. The molecule has 1 aromatic carbocycles. The monoisotopic (exact) mass is 401 g/mol. The Morgan fingerprint density at radius 2 is 2.08 bits per heavy atom. The quantitative estimate of drug-likeness (QED) is 0.686. The summed E-state index contributed by atoms with van der Waals surface area (Å²) in [6, 6.07) is 4.61. The average molecular weight is 402 g/mol. The summed E-state index contributed by atoms with van der Waals surface area (Å²) in [5, 5.41) is 8.53. The lowest BCUT2D eigenvalue weighted by Crippen LogP contribution is -2.12. The van der Waals surface area contributed by atoms with Crippen LogP contribution in [0.4, 0.5) is 5.13 Å². The van der Waals surface area contributed by atoms with E-state index in [1.54, 1.807) is 13.0 Å². The number of thiazole rings is 1. The number of unbranched alkanes of at least 4 members (excludes halogenated alkanes) is 2. The molecular weight excluding hydrogens is 382 g/mol.